The maximum absolute atomic E-state index is 12.7. The van der Waals surface area contributed by atoms with Gasteiger partial charge in [0.15, 0.2) is 0 Å². The summed E-state index contributed by atoms with van der Waals surface area (Å²) in [6, 6.07) is 3.11. The van der Waals surface area contributed by atoms with Gasteiger partial charge in [0, 0.05) is 18.8 Å². The first-order chi connectivity index (χ1) is 11.0. The fourth-order valence-corrected chi connectivity index (χ4v) is 4.33. The summed E-state index contributed by atoms with van der Waals surface area (Å²) in [4.78, 5) is 18.6. The molecule has 23 heavy (non-hydrogen) atoms. The maximum atomic E-state index is 12.7. The number of hydrogen-bond donors (Lipinski definition) is 1. The molecule has 2 N–H and O–H groups in total. The zero-order valence-electron chi connectivity index (χ0n) is 13.1. The third-order valence-corrected chi connectivity index (χ3v) is 5.94. The minimum atomic E-state index is -3.78. The van der Waals surface area contributed by atoms with Crippen molar-refractivity contribution in [3.63, 3.8) is 0 Å². The van der Waals surface area contributed by atoms with Crippen molar-refractivity contribution in [2.75, 3.05) is 6.54 Å². The molecule has 0 radical (unpaired) electrons. The number of sulfonamides is 1. The molecule has 1 aromatic rings. The van der Waals surface area contributed by atoms with Crippen molar-refractivity contribution in [3.8, 4) is 0 Å². The average Bonchev–Trinajstić information content (AvgIpc) is 3.04. The predicted octanol–water partition coefficient (Wildman–Crippen LogP) is 1.91. The number of carbonyl (C=O) groups excluding carboxylic acids is 1. The van der Waals surface area contributed by atoms with Crippen molar-refractivity contribution in [1.82, 2.24) is 9.88 Å². The van der Waals surface area contributed by atoms with E-state index in [4.69, 9.17) is 5.14 Å². The third-order valence-electron chi connectivity index (χ3n) is 5.04. The van der Waals surface area contributed by atoms with Crippen molar-refractivity contribution >= 4 is 15.9 Å². The van der Waals surface area contributed by atoms with E-state index in [1.165, 1.54) is 44.2 Å². The Balaban J connectivity index is 1.76. The third kappa shape index (κ3) is 3.55. The van der Waals surface area contributed by atoms with Gasteiger partial charge in [-0.2, -0.15) is 0 Å². The van der Waals surface area contributed by atoms with Crippen LogP contribution in [-0.4, -0.2) is 36.8 Å². The van der Waals surface area contributed by atoms with Crippen LogP contribution in [0, 0.1) is 5.92 Å². The van der Waals surface area contributed by atoms with Crippen molar-refractivity contribution in [2.24, 2.45) is 11.1 Å². The number of nitrogens with zero attached hydrogens (tertiary/aromatic N) is 2. The molecule has 2 fully saturated rings. The van der Waals surface area contributed by atoms with Crippen molar-refractivity contribution in [2.45, 2.75) is 55.9 Å². The molecule has 1 saturated heterocycles. The van der Waals surface area contributed by atoms with Gasteiger partial charge in [-0.05, 0) is 43.7 Å². The molecule has 1 aliphatic carbocycles. The van der Waals surface area contributed by atoms with Crippen LogP contribution in [0.15, 0.2) is 23.2 Å². The molecule has 1 aromatic heterocycles. The first-order valence-corrected chi connectivity index (χ1v) is 9.81. The number of primary sulfonamides is 1. The fourth-order valence-electron chi connectivity index (χ4n) is 3.88. The smallest absolute Gasteiger partial charge is 0.272 e. The zero-order valence-corrected chi connectivity index (χ0v) is 14.0. The molecule has 1 aliphatic heterocycles. The average molecular weight is 337 g/mol. The molecule has 1 atom stereocenters. The summed E-state index contributed by atoms with van der Waals surface area (Å²) < 4.78 is 22.5. The molecule has 1 amide bonds. The van der Waals surface area contributed by atoms with E-state index >= 15 is 0 Å². The van der Waals surface area contributed by atoms with Crippen LogP contribution in [0.4, 0.5) is 0 Å². The van der Waals surface area contributed by atoms with Gasteiger partial charge in [0.05, 0.1) is 0 Å². The van der Waals surface area contributed by atoms with Gasteiger partial charge in [-0.25, -0.2) is 18.5 Å². The molecule has 6 nitrogen and oxygen atoms in total. The molecular formula is C16H23N3O3S. The molecule has 126 valence electrons. The van der Waals surface area contributed by atoms with E-state index in [9.17, 15) is 13.2 Å². The topological polar surface area (TPSA) is 93.4 Å². The molecule has 2 aliphatic rings. The summed E-state index contributed by atoms with van der Waals surface area (Å²) in [5, 5.41) is 5.06. The highest BCUT2D eigenvalue weighted by atomic mass is 32.2. The van der Waals surface area contributed by atoms with Crippen LogP contribution in [0.1, 0.15) is 55.4 Å². The summed E-state index contributed by atoms with van der Waals surface area (Å²) >= 11 is 0. The number of hydrogen-bond acceptors (Lipinski definition) is 4. The van der Waals surface area contributed by atoms with E-state index in [2.05, 4.69) is 4.98 Å². The van der Waals surface area contributed by atoms with Gasteiger partial charge >= 0.3 is 0 Å². The summed E-state index contributed by atoms with van der Waals surface area (Å²) in [6.07, 6.45) is 9.46. The molecule has 7 heteroatoms. The highest BCUT2D eigenvalue weighted by Crippen LogP contribution is 2.34. The number of likely N-dealkylation sites (tertiary alicyclic amines) is 1. The second-order valence-electron chi connectivity index (χ2n) is 6.53. The van der Waals surface area contributed by atoms with Crippen LogP contribution in [0.5, 0.6) is 0 Å². The summed E-state index contributed by atoms with van der Waals surface area (Å²) in [6.45, 7) is 0.763. The molecule has 0 spiro atoms. The van der Waals surface area contributed by atoms with Crippen molar-refractivity contribution < 1.29 is 13.2 Å². The van der Waals surface area contributed by atoms with Gasteiger partial charge in [-0.15, -0.1) is 0 Å². The molecule has 2 heterocycles. The molecular weight excluding hydrogens is 314 g/mol. The van der Waals surface area contributed by atoms with Gasteiger partial charge in [0.1, 0.15) is 10.6 Å². The van der Waals surface area contributed by atoms with Crippen LogP contribution in [0.25, 0.3) is 0 Å². The molecule has 1 saturated carbocycles. The zero-order chi connectivity index (χ0) is 16.4. The lowest BCUT2D eigenvalue weighted by Gasteiger charge is -2.34. The van der Waals surface area contributed by atoms with E-state index in [1.54, 1.807) is 0 Å². The number of amides is 1. The van der Waals surface area contributed by atoms with Crippen LogP contribution in [0.2, 0.25) is 0 Å². The van der Waals surface area contributed by atoms with E-state index < -0.39 is 10.0 Å². The van der Waals surface area contributed by atoms with Crippen molar-refractivity contribution in [3.05, 3.63) is 24.0 Å². The van der Waals surface area contributed by atoms with Crippen molar-refractivity contribution in [1.29, 1.82) is 0 Å². The van der Waals surface area contributed by atoms with Gasteiger partial charge in [0.25, 0.3) is 5.91 Å². The Morgan fingerprint density at radius 1 is 1.13 bits per heavy atom. The quantitative estimate of drug-likeness (QED) is 0.912. The van der Waals surface area contributed by atoms with Gasteiger partial charge in [-0.3, -0.25) is 4.79 Å². The highest BCUT2D eigenvalue weighted by Gasteiger charge is 2.35. The molecule has 0 aromatic carbocycles. The monoisotopic (exact) mass is 337 g/mol. The lowest BCUT2D eigenvalue weighted by molar-refractivity contribution is 0.0655. The number of pyridine rings is 1. The van der Waals surface area contributed by atoms with Crippen LogP contribution < -0.4 is 5.14 Å². The Morgan fingerprint density at radius 3 is 2.48 bits per heavy atom. The maximum Gasteiger partial charge on any atom is 0.272 e. The largest absolute Gasteiger partial charge is 0.334 e. The number of carbonyl (C=O) groups is 1. The Labute approximate surface area is 137 Å². The highest BCUT2D eigenvalue weighted by molar-refractivity contribution is 7.89. The second kappa shape index (κ2) is 6.57. The first kappa shape index (κ1) is 16.4. The normalized spacial score (nSPS) is 23.2. The Hall–Kier alpha value is -1.47. The number of nitrogens with two attached hydrogens (primary N) is 1. The minimum absolute atomic E-state index is 0.0701. The SMILES string of the molecule is NS(=O)(=O)c1ccc(C(=O)N2CCCC2C2CCCCC2)nc1. The second-order valence-corrected chi connectivity index (χ2v) is 8.09. The first-order valence-electron chi connectivity index (χ1n) is 8.26. The molecule has 1 unspecified atom stereocenters. The predicted molar refractivity (Wildman–Crippen MR) is 86.2 cm³/mol. The molecule has 0 bridgehead atoms. The fraction of sp³-hybridized carbons (Fsp3) is 0.625. The van der Waals surface area contributed by atoms with Gasteiger partial charge in [-0.1, -0.05) is 19.3 Å². The Kier molecular flexibility index (Phi) is 4.68. The number of rotatable bonds is 3. The molecule has 3 rings (SSSR count). The Morgan fingerprint density at radius 2 is 1.87 bits per heavy atom. The lowest BCUT2D eigenvalue weighted by Crippen LogP contribution is -2.41. The van der Waals surface area contributed by atoms with Crippen LogP contribution in [-0.2, 0) is 10.0 Å². The number of aromatic nitrogens is 1. The van der Waals surface area contributed by atoms with Crippen LogP contribution >= 0.6 is 0 Å². The van der Waals surface area contributed by atoms with Gasteiger partial charge < -0.3 is 4.90 Å². The Bertz CT molecular complexity index is 666. The summed E-state index contributed by atoms with van der Waals surface area (Å²) in [7, 11) is -3.78. The van der Waals surface area contributed by atoms with Gasteiger partial charge in [0.2, 0.25) is 10.0 Å². The van der Waals surface area contributed by atoms with E-state index in [-0.39, 0.29) is 10.8 Å². The van der Waals surface area contributed by atoms with E-state index in [0.717, 1.165) is 25.6 Å². The minimum Gasteiger partial charge on any atom is -0.334 e. The van der Waals surface area contributed by atoms with E-state index in [1.807, 2.05) is 4.90 Å². The van der Waals surface area contributed by atoms with Crippen LogP contribution in [0.3, 0.4) is 0 Å². The summed E-state index contributed by atoms with van der Waals surface area (Å²) in [5.74, 6) is 0.498. The lowest BCUT2D eigenvalue weighted by atomic mass is 9.83. The summed E-state index contributed by atoms with van der Waals surface area (Å²) in [5.41, 5.74) is 0.292. The standard InChI is InChI=1S/C16H23N3O3S/c17-23(21,22)13-8-9-14(18-11-13)16(20)19-10-4-7-15(19)12-5-2-1-3-6-12/h8-9,11-12,15H,1-7,10H2,(H2,17,21,22). The van der Waals surface area contributed by atoms with E-state index in [0.29, 0.717) is 17.7 Å².